The smallest absolute Gasteiger partial charge is 0.395 e. The van der Waals surface area contributed by atoms with Gasteiger partial charge < -0.3 is 5.11 Å². The number of aliphatic hydroxyl groups is 1. The van der Waals surface area contributed by atoms with E-state index in [1.165, 1.54) is 24.3 Å². The number of allylic oxidation sites excluding steroid dienone is 1. The fourth-order valence-corrected chi connectivity index (χ4v) is 4.13. The van der Waals surface area contributed by atoms with Crippen molar-refractivity contribution in [3.05, 3.63) is 88.3 Å². The van der Waals surface area contributed by atoms with E-state index in [4.69, 9.17) is 5.11 Å². The molecule has 0 saturated carbocycles. The molecule has 1 atom stereocenters. The Morgan fingerprint density at radius 1 is 1.07 bits per heavy atom. The molecule has 2 nitrogen and oxygen atoms in total. The number of aliphatic hydroxyl groups excluding tert-OH is 1. The summed E-state index contributed by atoms with van der Waals surface area (Å²) in [5.41, 5.74) is 3.44. The third-order valence-electron chi connectivity index (χ3n) is 5.64. The number of benzene rings is 2. The average Bonchev–Trinajstić information content (AvgIpc) is 3.08. The summed E-state index contributed by atoms with van der Waals surface area (Å²) in [5.74, 6) is -0.584. The van der Waals surface area contributed by atoms with Crippen molar-refractivity contribution in [2.24, 2.45) is 0 Å². The monoisotopic (exact) mass is 403 g/mol. The number of β-amino-alcohol motifs (C(OH)–C–C–N with tert-alkyl or cyclic N) is 1. The van der Waals surface area contributed by atoms with E-state index >= 15 is 0 Å². The molecule has 2 aliphatic rings. The topological polar surface area (TPSA) is 23.5 Å². The quantitative estimate of drug-likeness (QED) is 0.574. The summed E-state index contributed by atoms with van der Waals surface area (Å²) < 4.78 is 53.3. The molecule has 1 aliphatic carbocycles. The summed E-state index contributed by atoms with van der Waals surface area (Å²) in [6, 6.07) is 9.91. The van der Waals surface area contributed by atoms with E-state index in [0.29, 0.717) is 18.7 Å². The highest BCUT2D eigenvalue weighted by Gasteiger charge is 2.34. The van der Waals surface area contributed by atoms with Crippen LogP contribution in [-0.2, 0) is 6.18 Å². The van der Waals surface area contributed by atoms with Crippen LogP contribution in [0.1, 0.15) is 34.6 Å². The van der Waals surface area contributed by atoms with Gasteiger partial charge in [0, 0.05) is 25.6 Å². The first-order chi connectivity index (χ1) is 13.9. The zero-order valence-electron chi connectivity index (χ0n) is 15.7. The van der Waals surface area contributed by atoms with Gasteiger partial charge in [0.05, 0.1) is 12.2 Å². The number of rotatable bonds is 4. The van der Waals surface area contributed by atoms with Crippen LogP contribution in [0.4, 0.5) is 17.6 Å². The van der Waals surface area contributed by atoms with Gasteiger partial charge in [-0.1, -0.05) is 35.9 Å². The van der Waals surface area contributed by atoms with Gasteiger partial charge in [0.1, 0.15) is 5.82 Å². The van der Waals surface area contributed by atoms with Gasteiger partial charge in [-0.25, -0.2) is 4.39 Å². The standard InChI is InChI=1S/C23H21F4NO/c24-18-4-1-15(2-5-18)20-14-21(16-7-9-28(10-8-16)11-12-29)22-13-17(23(25,26)27)3-6-19(20)22/h1-7,13-14,21,29H,8-12H2. The molecule has 0 radical (unpaired) electrons. The van der Waals surface area contributed by atoms with Crippen molar-refractivity contribution < 1.29 is 22.7 Å². The van der Waals surface area contributed by atoms with E-state index in [9.17, 15) is 17.6 Å². The Morgan fingerprint density at radius 3 is 2.45 bits per heavy atom. The van der Waals surface area contributed by atoms with Crippen molar-refractivity contribution >= 4 is 5.57 Å². The van der Waals surface area contributed by atoms with Crippen LogP contribution < -0.4 is 0 Å². The molecular formula is C23H21F4NO. The molecule has 0 fully saturated rings. The average molecular weight is 403 g/mol. The summed E-state index contributed by atoms with van der Waals surface area (Å²) in [6.07, 6.45) is 0.369. The lowest BCUT2D eigenvalue weighted by Crippen LogP contribution is -2.32. The molecule has 4 rings (SSSR count). The third kappa shape index (κ3) is 4.00. The van der Waals surface area contributed by atoms with E-state index < -0.39 is 11.7 Å². The molecule has 1 heterocycles. The van der Waals surface area contributed by atoms with Crippen molar-refractivity contribution in [2.45, 2.75) is 18.5 Å². The van der Waals surface area contributed by atoms with Crippen molar-refractivity contribution in [1.29, 1.82) is 0 Å². The van der Waals surface area contributed by atoms with Crippen molar-refractivity contribution in [3.63, 3.8) is 0 Å². The molecule has 0 amide bonds. The largest absolute Gasteiger partial charge is 0.416 e. The Morgan fingerprint density at radius 2 is 1.83 bits per heavy atom. The summed E-state index contributed by atoms with van der Waals surface area (Å²) in [7, 11) is 0. The number of hydrogen-bond acceptors (Lipinski definition) is 2. The normalized spacial score (nSPS) is 19.7. The maximum absolute atomic E-state index is 13.3. The fraction of sp³-hybridized carbons (Fsp3) is 0.304. The van der Waals surface area contributed by atoms with E-state index in [-0.39, 0.29) is 18.3 Å². The predicted octanol–water partition coefficient (Wildman–Crippen LogP) is 5.00. The van der Waals surface area contributed by atoms with Crippen LogP contribution in [0, 0.1) is 5.82 Å². The minimum absolute atomic E-state index is 0.0823. The van der Waals surface area contributed by atoms with Crippen LogP contribution in [0.3, 0.4) is 0 Å². The lowest BCUT2D eigenvalue weighted by molar-refractivity contribution is -0.137. The summed E-state index contributed by atoms with van der Waals surface area (Å²) >= 11 is 0. The van der Waals surface area contributed by atoms with Crippen molar-refractivity contribution in [3.8, 4) is 0 Å². The number of fused-ring (bicyclic) bond motifs is 1. The van der Waals surface area contributed by atoms with Crippen molar-refractivity contribution in [2.75, 3.05) is 26.2 Å². The molecule has 29 heavy (non-hydrogen) atoms. The number of halogens is 4. The summed E-state index contributed by atoms with van der Waals surface area (Å²) in [6.45, 7) is 2.09. The highest BCUT2D eigenvalue weighted by atomic mass is 19.4. The van der Waals surface area contributed by atoms with Gasteiger partial charge in [-0.05, 0) is 52.9 Å². The lowest BCUT2D eigenvalue weighted by Gasteiger charge is -2.28. The van der Waals surface area contributed by atoms with Crippen LogP contribution in [0.2, 0.25) is 0 Å². The molecule has 0 saturated heterocycles. The Hall–Kier alpha value is -2.44. The summed E-state index contributed by atoms with van der Waals surface area (Å²) in [5, 5.41) is 9.11. The first-order valence-electron chi connectivity index (χ1n) is 9.58. The molecule has 0 bridgehead atoms. The summed E-state index contributed by atoms with van der Waals surface area (Å²) in [4.78, 5) is 2.11. The van der Waals surface area contributed by atoms with E-state index in [0.717, 1.165) is 41.3 Å². The molecule has 0 spiro atoms. The molecule has 2 aromatic carbocycles. The van der Waals surface area contributed by atoms with Gasteiger partial charge in [-0.3, -0.25) is 4.90 Å². The molecule has 0 aromatic heterocycles. The second-order valence-corrected chi connectivity index (χ2v) is 7.42. The Balaban J connectivity index is 1.75. The first kappa shape index (κ1) is 19.9. The van der Waals surface area contributed by atoms with E-state index in [1.54, 1.807) is 12.1 Å². The van der Waals surface area contributed by atoms with Gasteiger partial charge in [0.25, 0.3) is 0 Å². The van der Waals surface area contributed by atoms with Crippen LogP contribution in [0.15, 0.2) is 60.2 Å². The minimum Gasteiger partial charge on any atom is -0.395 e. The highest BCUT2D eigenvalue weighted by molar-refractivity contribution is 5.87. The van der Waals surface area contributed by atoms with Gasteiger partial charge in [-0.2, -0.15) is 13.2 Å². The zero-order chi connectivity index (χ0) is 20.6. The number of nitrogens with zero attached hydrogens (tertiary/aromatic N) is 1. The Kier molecular flexibility index (Phi) is 5.32. The number of alkyl halides is 3. The second kappa shape index (κ2) is 7.76. The van der Waals surface area contributed by atoms with Gasteiger partial charge in [-0.15, -0.1) is 0 Å². The molecule has 6 heteroatoms. The third-order valence-corrected chi connectivity index (χ3v) is 5.64. The fourth-order valence-electron chi connectivity index (χ4n) is 4.13. The molecule has 1 N–H and O–H groups in total. The Labute approximate surface area is 166 Å². The molecular weight excluding hydrogens is 382 g/mol. The first-order valence-corrected chi connectivity index (χ1v) is 9.58. The van der Waals surface area contributed by atoms with Crippen molar-refractivity contribution in [1.82, 2.24) is 4.90 Å². The van der Waals surface area contributed by atoms with Gasteiger partial charge in [0.2, 0.25) is 0 Å². The molecule has 2 aromatic rings. The van der Waals surface area contributed by atoms with E-state index in [1.807, 2.05) is 6.08 Å². The maximum Gasteiger partial charge on any atom is 0.416 e. The zero-order valence-corrected chi connectivity index (χ0v) is 15.7. The van der Waals surface area contributed by atoms with E-state index in [2.05, 4.69) is 11.0 Å². The predicted molar refractivity (Wildman–Crippen MR) is 104 cm³/mol. The Bertz CT molecular complexity index is 960. The van der Waals surface area contributed by atoms with Gasteiger partial charge >= 0.3 is 6.18 Å². The minimum atomic E-state index is -4.41. The van der Waals surface area contributed by atoms with Crippen LogP contribution in [0.25, 0.3) is 5.57 Å². The lowest BCUT2D eigenvalue weighted by atomic mass is 9.88. The second-order valence-electron chi connectivity index (χ2n) is 7.42. The SMILES string of the molecule is OCCN1CC=C(C2C=C(c3ccc(F)cc3)c3ccc(C(F)(F)F)cc32)CC1. The molecule has 1 aliphatic heterocycles. The molecule has 152 valence electrons. The molecule has 1 unspecified atom stereocenters. The van der Waals surface area contributed by atoms with Gasteiger partial charge in [0.15, 0.2) is 0 Å². The van der Waals surface area contributed by atoms with Crippen LogP contribution in [0.5, 0.6) is 0 Å². The van der Waals surface area contributed by atoms with Crippen LogP contribution in [-0.4, -0.2) is 36.2 Å². The number of hydrogen-bond donors (Lipinski definition) is 1. The van der Waals surface area contributed by atoms with Crippen LogP contribution >= 0.6 is 0 Å². The maximum atomic E-state index is 13.3. The highest BCUT2D eigenvalue weighted by Crippen LogP contribution is 2.46.